The highest BCUT2D eigenvalue weighted by atomic mass is 35.5. The van der Waals surface area contributed by atoms with Crippen LogP contribution in [0.5, 0.6) is 5.75 Å². The number of aryl methyl sites for hydroxylation is 1. The number of hydrogen-bond acceptors (Lipinski definition) is 3. The SMILES string of the molecule is CCc1cc(OCC(=O)NCCO)ccc1Cl. The third-order valence-electron chi connectivity index (χ3n) is 2.20. The summed E-state index contributed by atoms with van der Waals surface area (Å²) in [5.41, 5.74) is 0.986. The van der Waals surface area contributed by atoms with Crippen molar-refractivity contribution in [2.75, 3.05) is 19.8 Å². The molecule has 0 bridgehead atoms. The molecular formula is C12H16ClNO3. The number of hydrogen-bond donors (Lipinski definition) is 2. The third-order valence-corrected chi connectivity index (χ3v) is 2.57. The summed E-state index contributed by atoms with van der Waals surface area (Å²) in [4.78, 5) is 11.2. The second-order valence-electron chi connectivity index (χ2n) is 3.47. The first-order valence-electron chi connectivity index (χ1n) is 5.46. The highest BCUT2D eigenvalue weighted by Gasteiger charge is 2.04. The predicted octanol–water partition coefficient (Wildman–Crippen LogP) is 1.39. The molecule has 1 rings (SSSR count). The van der Waals surface area contributed by atoms with Crippen LogP contribution in [0.4, 0.5) is 0 Å². The minimum Gasteiger partial charge on any atom is -0.484 e. The number of rotatable bonds is 6. The number of halogens is 1. The lowest BCUT2D eigenvalue weighted by atomic mass is 10.1. The number of carbonyl (C=O) groups excluding carboxylic acids is 1. The van der Waals surface area contributed by atoms with Gasteiger partial charge in [0.2, 0.25) is 0 Å². The van der Waals surface area contributed by atoms with E-state index in [2.05, 4.69) is 5.32 Å². The van der Waals surface area contributed by atoms with Crippen LogP contribution >= 0.6 is 11.6 Å². The van der Waals surface area contributed by atoms with E-state index in [9.17, 15) is 4.79 Å². The summed E-state index contributed by atoms with van der Waals surface area (Å²) in [5.74, 6) is 0.359. The molecule has 0 aliphatic heterocycles. The van der Waals surface area contributed by atoms with Crippen molar-refractivity contribution in [3.05, 3.63) is 28.8 Å². The van der Waals surface area contributed by atoms with Crippen molar-refractivity contribution >= 4 is 17.5 Å². The zero-order valence-corrected chi connectivity index (χ0v) is 10.5. The maximum Gasteiger partial charge on any atom is 0.258 e. The number of ether oxygens (including phenoxy) is 1. The molecule has 0 heterocycles. The number of benzene rings is 1. The second-order valence-corrected chi connectivity index (χ2v) is 3.88. The summed E-state index contributed by atoms with van der Waals surface area (Å²) in [5, 5.41) is 11.7. The minimum atomic E-state index is -0.257. The second kappa shape index (κ2) is 7.14. The zero-order chi connectivity index (χ0) is 12.7. The fraction of sp³-hybridized carbons (Fsp3) is 0.417. The van der Waals surface area contributed by atoms with Crippen molar-refractivity contribution < 1.29 is 14.6 Å². The average molecular weight is 258 g/mol. The van der Waals surface area contributed by atoms with Crippen molar-refractivity contribution in [1.82, 2.24) is 5.32 Å². The van der Waals surface area contributed by atoms with Crippen LogP contribution in [-0.2, 0) is 11.2 Å². The molecular weight excluding hydrogens is 242 g/mol. The van der Waals surface area contributed by atoms with E-state index in [1.54, 1.807) is 12.1 Å². The van der Waals surface area contributed by atoms with E-state index >= 15 is 0 Å². The van der Waals surface area contributed by atoms with Crippen LogP contribution in [0.25, 0.3) is 0 Å². The van der Waals surface area contributed by atoms with Crippen LogP contribution in [0.2, 0.25) is 5.02 Å². The van der Waals surface area contributed by atoms with Crippen LogP contribution in [0, 0.1) is 0 Å². The number of aliphatic hydroxyl groups is 1. The first kappa shape index (κ1) is 13.8. The molecule has 0 aliphatic carbocycles. The molecule has 94 valence electrons. The molecule has 0 radical (unpaired) electrons. The molecule has 0 saturated heterocycles. The fourth-order valence-corrected chi connectivity index (χ4v) is 1.56. The molecule has 2 N–H and O–H groups in total. The molecule has 1 amide bonds. The molecule has 4 nitrogen and oxygen atoms in total. The van der Waals surface area contributed by atoms with Gasteiger partial charge in [-0.05, 0) is 30.2 Å². The highest BCUT2D eigenvalue weighted by Crippen LogP contribution is 2.22. The summed E-state index contributed by atoms with van der Waals surface area (Å²) in [6.45, 7) is 2.10. The van der Waals surface area contributed by atoms with E-state index < -0.39 is 0 Å². The third kappa shape index (κ3) is 4.63. The number of aliphatic hydroxyl groups excluding tert-OH is 1. The van der Waals surface area contributed by atoms with Gasteiger partial charge in [-0.3, -0.25) is 4.79 Å². The number of carbonyl (C=O) groups is 1. The van der Waals surface area contributed by atoms with E-state index in [-0.39, 0.29) is 25.7 Å². The Hall–Kier alpha value is -1.26. The average Bonchev–Trinajstić information content (AvgIpc) is 2.35. The molecule has 1 aromatic rings. The topological polar surface area (TPSA) is 58.6 Å². The van der Waals surface area contributed by atoms with Crippen LogP contribution in [0.3, 0.4) is 0 Å². The van der Waals surface area contributed by atoms with Crippen molar-refractivity contribution in [2.45, 2.75) is 13.3 Å². The summed E-state index contributed by atoms with van der Waals surface area (Å²) >= 11 is 5.96. The lowest BCUT2D eigenvalue weighted by Crippen LogP contribution is -2.31. The lowest BCUT2D eigenvalue weighted by molar-refractivity contribution is -0.123. The molecule has 5 heteroatoms. The maximum absolute atomic E-state index is 11.2. The lowest BCUT2D eigenvalue weighted by Gasteiger charge is -2.08. The molecule has 0 aromatic heterocycles. The van der Waals surface area contributed by atoms with Crippen molar-refractivity contribution in [3.8, 4) is 5.75 Å². The predicted molar refractivity (Wildman–Crippen MR) is 66.4 cm³/mol. The van der Waals surface area contributed by atoms with Gasteiger partial charge >= 0.3 is 0 Å². The molecule has 0 unspecified atom stereocenters. The van der Waals surface area contributed by atoms with Crippen molar-refractivity contribution in [3.63, 3.8) is 0 Å². The van der Waals surface area contributed by atoms with Gasteiger partial charge in [-0.25, -0.2) is 0 Å². The molecule has 0 saturated carbocycles. The molecule has 0 spiro atoms. The summed E-state index contributed by atoms with van der Waals surface area (Å²) < 4.78 is 5.31. The molecule has 0 atom stereocenters. The molecule has 0 aliphatic rings. The van der Waals surface area contributed by atoms with Gasteiger partial charge in [0.05, 0.1) is 6.61 Å². The Bertz CT molecular complexity index is 382. The van der Waals surface area contributed by atoms with Gasteiger partial charge in [-0.2, -0.15) is 0 Å². The molecule has 1 aromatic carbocycles. The van der Waals surface area contributed by atoms with Gasteiger partial charge in [0.15, 0.2) is 6.61 Å². The first-order chi connectivity index (χ1) is 8.17. The Balaban J connectivity index is 2.49. The Kier molecular flexibility index (Phi) is 5.80. The fourth-order valence-electron chi connectivity index (χ4n) is 1.31. The van der Waals surface area contributed by atoms with Gasteiger partial charge < -0.3 is 15.2 Å². The minimum absolute atomic E-state index is 0.0647. The largest absolute Gasteiger partial charge is 0.484 e. The first-order valence-corrected chi connectivity index (χ1v) is 5.84. The van der Waals surface area contributed by atoms with E-state index in [0.29, 0.717) is 10.8 Å². The van der Waals surface area contributed by atoms with Gasteiger partial charge in [0.25, 0.3) is 5.91 Å². The van der Waals surface area contributed by atoms with Crippen LogP contribution in [0.15, 0.2) is 18.2 Å². The smallest absolute Gasteiger partial charge is 0.258 e. The van der Waals surface area contributed by atoms with Gasteiger partial charge in [0.1, 0.15) is 5.75 Å². The van der Waals surface area contributed by atoms with Gasteiger partial charge in [-0.15, -0.1) is 0 Å². The summed E-state index contributed by atoms with van der Waals surface area (Å²) in [6, 6.07) is 5.30. The monoisotopic (exact) mass is 257 g/mol. The van der Waals surface area contributed by atoms with Crippen molar-refractivity contribution in [1.29, 1.82) is 0 Å². The zero-order valence-electron chi connectivity index (χ0n) is 9.70. The summed E-state index contributed by atoms with van der Waals surface area (Å²) in [6.07, 6.45) is 0.812. The maximum atomic E-state index is 11.2. The van der Waals surface area contributed by atoms with E-state index in [0.717, 1.165) is 12.0 Å². The van der Waals surface area contributed by atoms with Crippen LogP contribution in [-0.4, -0.2) is 30.8 Å². The van der Waals surface area contributed by atoms with E-state index in [1.165, 1.54) is 0 Å². The Morgan fingerprint density at radius 1 is 1.53 bits per heavy atom. The van der Waals surface area contributed by atoms with Gasteiger partial charge in [0, 0.05) is 11.6 Å². The van der Waals surface area contributed by atoms with E-state index in [4.69, 9.17) is 21.4 Å². The normalized spacial score (nSPS) is 10.1. The van der Waals surface area contributed by atoms with Crippen molar-refractivity contribution in [2.24, 2.45) is 0 Å². The highest BCUT2D eigenvalue weighted by molar-refractivity contribution is 6.31. The number of amides is 1. The van der Waals surface area contributed by atoms with E-state index in [1.807, 2.05) is 13.0 Å². The molecule has 0 fully saturated rings. The molecule has 17 heavy (non-hydrogen) atoms. The number of nitrogens with one attached hydrogen (secondary N) is 1. The standard InChI is InChI=1S/C12H16ClNO3/c1-2-9-7-10(3-4-11(9)13)17-8-12(16)14-5-6-15/h3-4,7,15H,2,5-6,8H2,1H3,(H,14,16). The Morgan fingerprint density at radius 3 is 2.94 bits per heavy atom. The van der Waals surface area contributed by atoms with Gasteiger partial charge in [-0.1, -0.05) is 18.5 Å². The summed E-state index contributed by atoms with van der Waals surface area (Å²) in [7, 11) is 0. The Labute approximate surface area is 106 Å². The van der Waals surface area contributed by atoms with Crippen LogP contribution < -0.4 is 10.1 Å². The Morgan fingerprint density at radius 2 is 2.29 bits per heavy atom. The quantitative estimate of drug-likeness (QED) is 0.810. The van der Waals surface area contributed by atoms with Crippen LogP contribution in [0.1, 0.15) is 12.5 Å².